The molecule has 0 bridgehead atoms. The van der Waals surface area contributed by atoms with Crippen molar-refractivity contribution in [1.82, 2.24) is 4.90 Å². The molecule has 0 aliphatic carbocycles. The Morgan fingerprint density at radius 3 is 2.59 bits per heavy atom. The molecule has 0 aromatic heterocycles. The molecule has 5 heteroatoms. The summed E-state index contributed by atoms with van der Waals surface area (Å²) in [5.41, 5.74) is 1.52. The summed E-state index contributed by atoms with van der Waals surface area (Å²) >= 11 is 3.12. The van der Waals surface area contributed by atoms with Crippen LogP contribution in [0, 0.1) is 12.7 Å². The summed E-state index contributed by atoms with van der Waals surface area (Å²) in [6.45, 7) is 3.61. The van der Waals surface area contributed by atoms with Crippen LogP contribution in [0.3, 0.4) is 0 Å². The van der Waals surface area contributed by atoms with Crippen molar-refractivity contribution in [3.63, 3.8) is 0 Å². The minimum absolute atomic E-state index is 0.0484. The Kier molecular flexibility index (Phi) is 4.51. The molecule has 1 rings (SSSR count). The van der Waals surface area contributed by atoms with Gasteiger partial charge in [-0.15, -0.1) is 0 Å². The highest BCUT2D eigenvalue weighted by molar-refractivity contribution is 9.10. The van der Waals surface area contributed by atoms with Crippen LogP contribution in [0.5, 0.6) is 0 Å². The molecule has 1 N–H and O–H groups in total. The van der Waals surface area contributed by atoms with Gasteiger partial charge in [0.1, 0.15) is 11.9 Å². The molecule has 17 heavy (non-hydrogen) atoms. The number of amides is 1. The molecular formula is C12H16BrFN2O. The van der Waals surface area contributed by atoms with E-state index in [9.17, 15) is 9.18 Å². The zero-order chi connectivity index (χ0) is 13.2. The van der Waals surface area contributed by atoms with Gasteiger partial charge >= 0.3 is 0 Å². The second-order valence-electron chi connectivity index (χ2n) is 4.18. The number of hydrogen-bond donors (Lipinski definition) is 1. The van der Waals surface area contributed by atoms with E-state index in [1.807, 2.05) is 6.92 Å². The molecule has 0 saturated heterocycles. The summed E-state index contributed by atoms with van der Waals surface area (Å²) in [6, 6.07) is 2.69. The summed E-state index contributed by atoms with van der Waals surface area (Å²) < 4.78 is 13.8. The van der Waals surface area contributed by atoms with E-state index in [1.54, 1.807) is 27.1 Å². The van der Waals surface area contributed by atoms with Crippen LogP contribution in [0.2, 0.25) is 0 Å². The van der Waals surface area contributed by atoms with Crippen molar-refractivity contribution in [1.29, 1.82) is 0 Å². The number of aryl methyl sites for hydroxylation is 1. The molecule has 0 heterocycles. The van der Waals surface area contributed by atoms with Gasteiger partial charge in [0.25, 0.3) is 0 Å². The van der Waals surface area contributed by atoms with Gasteiger partial charge in [-0.1, -0.05) is 0 Å². The molecule has 1 aromatic rings. The quantitative estimate of drug-likeness (QED) is 0.931. The normalized spacial score (nSPS) is 12.1. The van der Waals surface area contributed by atoms with Gasteiger partial charge in [-0.05, 0) is 47.5 Å². The highest BCUT2D eigenvalue weighted by Gasteiger charge is 2.16. The summed E-state index contributed by atoms with van der Waals surface area (Å²) in [4.78, 5) is 13.2. The van der Waals surface area contributed by atoms with E-state index in [0.29, 0.717) is 10.2 Å². The number of hydrogen-bond acceptors (Lipinski definition) is 2. The first kappa shape index (κ1) is 14.0. The monoisotopic (exact) mass is 302 g/mol. The molecular weight excluding hydrogens is 287 g/mol. The number of rotatable bonds is 3. The molecule has 0 fully saturated rings. The van der Waals surface area contributed by atoms with Gasteiger partial charge in [0.2, 0.25) is 5.91 Å². The second-order valence-corrected chi connectivity index (χ2v) is 5.03. The van der Waals surface area contributed by atoms with E-state index < -0.39 is 0 Å². The van der Waals surface area contributed by atoms with E-state index in [4.69, 9.17) is 0 Å². The number of halogens is 2. The number of carbonyl (C=O) groups excluding carboxylic acids is 1. The smallest absolute Gasteiger partial charge is 0.244 e. The van der Waals surface area contributed by atoms with Crippen molar-refractivity contribution < 1.29 is 9.18 Å². The Hall–Kier alpha value is -1.10. The molecule has 94 valence electrons. The lowest BCUT2D eigenvalue weighted by molar-refractivity contribution is -0.129. The van der Waals surface area contributed by atoms with Crippen molar-refractivity contribution in [2.45, 2.75) is 19.9 Å². The minimum Gasteiger partial charge on any atom is -0.374 e. The zero-order valence-corrected chi connectivity index (χ0v) is 11.9. The van der Waals surface area contributed by atoms with Crippen LogP contribution in [0.1, 0.15) is 12.5 Å². The highest BCUT2D eigenvalue weighted by Crippen LogP contribution is 2.24. The molecule has 0 aliphatic heterocycles. The van der Waals surface area contributed by atoms with Crippen LogP contribution in [0.15, 0.2) is 16.6 Å². The molecule has 1 aromatic carbocycles. The Morgan fingerprint density at radius 1 is 1.47 bits per heavy atom. The highest BCUT2D eigenvalue weighted by atomic mass is 79.9. The molecule has 0 radical (unpaired) electrons. The Balaban J connectivity index is 2.89. The lowest BCUT2D eigenvalue weighted by atomic mass is 10.1. The maximum atomic E-state index is 13.4. The van der Waals surface area contributed by atoms with Crippen LogP contribution in [-0.4, -0.2) is 30.9 Å². The van der Waals surface area contributed by atoms with Crippen LogP contribution in [-0.2, 0) is 4.79 Å². The van der Waals surface area contributed by atoms with Crippen LogP contribution >= 0.6 is 15.9 Å². The van der Waals surface area contributed by atoms with E-state index in [1.165, 1.54) is 11.0 Å². The van der Waals surface area contributed by atoms with Crippen LogP contribution in [0.4, 0.5) is 10.1 Å². The molecule has 1 atom stereocenters. The number of anilines is 1. The number of likely N-dealkylation sites (N-methyl/N-ethyl adjacent to an activating group) is 1. The van der Waals surface area contributed by atoms with Gasteiger partial charge in [0, 0.05) is 19.8 Å². The van der Waals surface area contributed by atoms with E-state index in [0.717, 1.165) is 5.56 Å². The van der Waals surface area contributed by atoms with Crippen molar-refractivity contribution in [3.05, 3.63) is 28.0 Å². The number of benzene rings is 1. The molecule has 0 spiro atoms. The first-order chi connectivity index (χ1) is 7.82. The Bertz CT molecular complexity index is 435. The molecule has 1 unspecified atom stereocenters. The first-order valence-corrected chi connectivity index (χ1v) is 6.05. The zero-order valence-electron chi connectivity index (χ0n) is 10.3. The number of nitrogens with one attached hydrogen (secondary N) is 1. The fourth-order valence-electron chi connectivity index (χ4n) is 1.48. The third-order valence-electron chi connectivity index (χ3n) is 2.45. The summed E-state index contributed by atoms with van der Waals surface area (Å²) in [5.74, 6) is -0.393. The Morgan fingerprint density at radius 2 is 2.06 bits per heavy atom. The van der Waals surface area contributed by atoms with Crippen molar-refractivity contribution >= 4 is 27.5 Å². The van der Waals surface area contributed by atoms with Crippen molar-refractivity contribution in [2.75, 3.05) is 19.4 Å². The maximum absolute atomic E-state index is 13.4. The van der Waals surface area contributed by atoms with Gasteiger partial charge in [0.15, 0.2) is 0 Å². The predicted molar refractivity (Wildman–Crippen MR) is 70.6 cm³/mol. The second kappa shape index (κ2) is 5.49. The maximum Gasteiger partial charge on any atom is 0.244 e. The lowest BCUT2D eigenvalue weighted by Gasteiger charge is -2.20. The standard InChI is InChI=1S/C12H16BrFN2O/c1-7-5-9(13)10(14)6-11(7)15-8(2)12(17)16(3)4/h5-6,8,15H,1-4H3. The summed E-state index contributed by atoms with van der Waals surface area (Å²) in [7, 11) is 3.38. The topological polar surface area (TPSA) is 32.3 Å². The molecule has 0 saturated carbocycles. The molecule has 3 nitrogen and oxygen atoms in total. The Labute approximate surface area is 109 Å². The van der Waals surface area contributed by atoms with Gasteiger partial charge in [-0.2, -0.15) is 0 Å². The predicted octanol–water partition coefficient (Wildman–Crippen LogP) is 2.79. The van der Waals surface area contributed by atoms with E-state index in [-0.39, 0.29) is 17.8 Å². The van der Waals surface area contributed by atoms with Gasteiger partial charge in [0.05, 0.1) is 4.47 Å². The lowest BCUT2D eigenvalue weighted by Crippen LogP contribution is -2.36. The SMILES string of the molecule is Cc1cc(Br)c(F)cc1NC(C)C(=O)N(C)C. The fraction of sp³-hybridized carbons (Fsp3) is 0.417. The number of nitrogens with zero attached hydrogens (tertiary/aromatic N) is 1. The average molecular weight is 303 g/mol. The van der Waals surface area contributed by atoms with E-state index >= 15 is 0 Å². The van der Waals surface area contributed by atoms with Crippen molar-refractivity contribution in [3.8, 4) is 0 Å². The van der Waals surface area contributed by atoms with Crippen molar-refractivity contribution in [2.24, 2.45) is 0 Å². The van der Waals surface area contributed by atoms with Crippen LogP contribution < -0.4 is 5.32 Å². The first-order valence-electron chi connectivity index (χ1n) is 5.26. The molecule has 0 aliphatic rings. The third-order valence-corrected chi connectivity index (χ3v) is 3.06. The largest absolute Gasteiger partial charge is 0.374 e. The third kappa shape index (κ3) is 3.43. The molecule has 1 amide bonds. The van der Waals surface area contributed by atoms with E-state index in [2.05, 4.69) is 21.2 Å². The van der Waals surface area contributed by atoms with Gasteiger partial charge < -0.3 is 10.2 Å². The summed E-state index contributed by atoms with van der Waals surface area (Å²) in [5, 5.41) is 3.01. The average Bonchev–Trinajstić information content (AvgIpc) is 2.24. The van der Waals surface area contributed by atoms with Crippen LogP contribution in [0.25, 0.3) is 0 Å². The number of carbonyl (C=O) groups is 1. The minimum atomic E-state index is -0.385. The van der Waals surface area contributed by atoms with Gasteiger partial charge in [-0.3, -0.25) is 4.79 Å². The van der Waals surface area contributed by atoms with Gasteiger partial charge in [-0.25, -0.2) is 4.39 Å². The fourth-order valence-corrected chi connectivity index (χ4v) is 1.94. The summed E-state index contributed by atoms with van der Waals surface area (Å²) in [6.07, 6.45) is 0.